The average Bonchev–Trinajstić information content (AvgIpc) is 2.89. The first-order chi connectivity index (χ1) is 8.66. The molecule has 0 saturated heterocycles. The van der Waals surface area contributed by atoms with Crippen molar-refractivity contribution in [3.8, 4) is 0 Å². The number of nitro benzene ring substituents is 1. The van der Waals surface area contributed by atoms with Crippen molar-refractivity contribution < 1.29 is 9.45 Å². The number of hydrogen-bond donors (Lipinski definition) is 1. The molecule has 1 unspecified atom stereocenters. The summed E-state index contributed by atoms with van der Waals surface area (Å²) < 4.78 is 4.97. The molecule has 2 rings (SSSR count). The van der Waals surface area contributed by atoms with Gasteiger partial charge in [0.05, 0.1) is 17.7 Å². The maximum absolute atomic E-state index is 10.5. The summed E-state index contributed by atoms with van der Waals surface area (Å²) in [5, 5.41) is 17.4. The van der Waals surface area contributed by atoms with E-state index in [0.717, 1.165) is 11.3 Å². The molecule has 1 N–H and O–H groups in total. The molecule has 0 amide bonds. The van der Waals surface area contributed by atoms with Gasteiger partial charge in [-0.05, 0) is 12.5 Å². The first kappa shape index (κ1) is 12.3. The summed E-state index contributed by atoms with van der Waals surface area (Å²) >= 11 is 0. The minimum atomic E-state index is -0.406. The molecule has 1 aromatic heterocycles. The van der Waals surface area contributed by atoms with Crippen LogP contribution in [0.15, 0.2) is 41.1 Å². The zero-order valence-corrected chi connectivity index (χ0v) is 9.87. The van der Waals surface area contributed by atoms with Gasteiger partial charge in [0.25, 0.3) is 5.69 Å². The highest BCUT2D eigenvalue weighted by Crippen LogP contribution is 2.17. The lowest BCUT2D eigenvalue weighted by Crippen LogP contribution is -2.17. The number of nitrogens with one attached hydrogen (secondary N) is 1. The smallest absolute Gasteiger partial charge is 0.269 e. The van der Waals surface area contributed by atoms with Crippen molar-refractivity contribution in [1.29, 1.82) is 0 Å². The molecule has 2 aromatic rings. The molecule has 1 heterocycles. The third kappa shape index (κ3) is 2.92. The lowest BCUT2D eigenvalue weighted by atomic mass is 10.1. The number of nitro groups is 1. The quantitative estimate of drug-likeness (QED) is 0.648. The predicted octanol–water partition coefficient (Wildman–Crippen LogP) is 2.43. The Labute approximate surface area is 104 Å². The van der Waals surface area contributed by atoms with Crippen molar-refractivity contribution in [3.63, 3.8) is 0 Å². The first-order valence-corrected chi connectivity index (χ1v) is 5.54. The minimum absolute atomic E-state index is 0.0795. The van der Waals surface area contributed by atoms with E-state index in [1.54, 1.807) is 24.4 Å². The Bertz CT molecular complexity index is 508. The molecule has 6 nitrogen and oxygen atoms in total. The van der Waals surface area contributed by atoms with Gasteiger partial charge in [-0.2, -0.15) is 0 Å². The van der Waals surface area contributed by atoms with Crippen molar-refractivity contribution in [1.82, 2.24) is 10.5 Å². The SMILES string of the molecule is CC(NCc1ccno1)c1ccc([N+](=O)[O-])cc1. The molecule has 94 valence electrons. The molecule has 0 aliphatic rings. The van der Waals surface area contributed by atoms with E-state index >= 15 is 0 Å². The van der Waals surface area contributed by atoms with Crippen molar-refractivity contribution in [2.24, 2.45) is 0 Å². The molecule has 1 atom stereocenters. The van der Waals surface area contributed by atoms with E-state index < -0.39 is 4.92 Å². The Morgan fingerprint density at radius 3 is 2.67 bits per heavy atom. The summed E-state index contributed by atoms with van der Waals surface area (Å²) in [5.41, 5.74) is 1.08. The maximum atomic E-state index is 10.5. The third-order valence-electron chi connectivity index (χ3n) is 2.68. The average molecular weight is 247 g/mol. The van der Waals surface area contributed by atoms with E-state index in [0.29, 0.717) is 6.54 Å². The normalized spacial score (nSPS) is 12.3. The highest BCUT2D eigenvalue weighted by molar-refractivity contribution is 5.34. The van der Waals surface area contributed by atoms with Gasteiger partial charge in [-0.25, -0.2) is 0 Å². The molecule has 0 saturated carbocycles. The van der Waals surface area contributed by atoms with Crippen LogP contribution in [0.3, 0.4) is 0 Å². The van der Waals surface area contributed by atoms with Crippen LogP contribution in [0.25, 0.3) is 0 Å². The standard InChI is InChI=1S/C12H13N3O3/c1-9(13-8-12-6-7-14-18-12)10-2-4-11(5-3-10)15(16)17/h2-7,9,13H,8H2,1H3. The Kier molecular flexibility index (Phi) is 3.69. The number of hydrogen-bond acceptors (Lipinski definition) is 5. The Hall–Kier alpha value is -2.21. The first-order valence-electron chi connectivity index (χ1n) is 5.54. The van der Waals surface area contributed by atoms with Gasteiger partial charge >= 0.3 is 0 Å². The van der Waals surface area contributed by atoms with Crippen LogP contribution in [-0.2, 0) is 6.54 Å². The second-order valence-corrected chi connectivity index (χ2v) is 3.93. The van der Waals surface area contributed by atoms with Crippen LogP contribution in [0.4, 0.5) is 5.69 Å². The molecular weight excluding hydrogens is 234 g/mol. The van der Waals surface area contributed by atoms with E-state index in [1.807, 2.05) is 6.92 Å². The molecular formula is C12H13N3O3. The summed E-state index contributed by atoms with van der Waals surface area (Å²) in [6.45, 7) is 2.55. The molecule has 0 aliphatic carbocycles. The van der Waals surface area contributed by atoms with Gasteiger partial charge in [-0.3, -0.25) is 10.1 Å². The largest absolute Gasteiger partial charge is 0.360 e. The van der Waals surface area contributed by atoms with Crippen molar-refractivity contribution in [2.75, 3.05) is 0 Å². The molecule has 0 bridgehead atoms. The number of benzene rings is 1. The van der Waals surface area contributed by atoms with E-state index in [1.165, 1.54) is 12.1 Å². The second-order valence-electron chi connectivity index (χ2n) is 3.93. The lowest BCUT2D eigenvalue weighted by molar-refractivity contribution is -0.384. The van der Waals surface area contributed by atoms with Gasteiger partial charge in [0, 0.05) is 24.2 Å². The third-order valence-corrected chi connectivity index (χ3v) is 2.68. The van der Waals surface area contributed by atoms with Crippen molar-refractivity contribution in [3.05, 3.63) is 58.0 Å². The summed E-state index contributed by atoms with van der Waals surface area (Å²) in [5.74, 6) is 0.753. The zero-order chi connectivity index (χ0) is 13.0. The van der Waals surface area contributed by atoms with E-state index in [4.69, 9.17) is 4.52 Å². The monoisotopic (exact) mass is 247 g/mol. The molecule has 18 heavy (non-hydrogen) atoms. The van der Waals surface area contributed by atoms with Gasteiger partial charge < -0.3 is 9.84 Å². The summed E-state index contributed by atoms with van der Waals surface area (Å²) in [6.07, 6.45) is 1.59. The number of rotatable bonds is 5. The fourth-order valence-electron chi connectivity index (χ4n) is 1.59. The van der Waals surface area contributed by atoms with Gasteiger partial charge in [-0.15, -0.1) is 0 Å². The highest BCUT2D eigenvalue weighted by Gasteiger charge is 2.09. The number of non-ortho nitro benzene ring substituents is 1. The number of aromatic nitrogens is 1. The Balaban J connectivity index is 1.96. The van der Waals surface area contributed by atoms with Gasteiger partial charge in [-0.1, -0.05) is 17.3 Å². The summed E-state index contributed by atoms with van der Waals surface area (Å²) in [7, 11) is 0. The fourth-order valence-corrected chi connectivity index (χ4v) is 1.59. The fraction of sp³-hybridized carbons (Fsp3) is 0.250. The number of nitrogens with zero attached hydrogens (tertiary/aromatic N) is 2. The summed E-state index contributed by atoms with van der Waals surface area (Å²) in [6, 6.07) is 8.36. The van der Waals surface area contributed by atoms with Crippen molar-refractivity contribution in [2.45, 2.75) is 19.5 Å². The molecule has 6 heteroatoms. The second kappa shape index (κ2) is 5.42. The highest BCUT2D eigenvalue weighted by atomic mass is 16.6. The van der Waals surface area contributed by atoms with Crippen LogP contribution in [0.2, 0.25) is 0 Å². The molecule has 1 aromatic carbocycles. The van der Waals surface area contributed by atoms with E-state index in [9.17, 15) is 10.1 Å². The van der Waals surface area contributed by atoms with Crippen LogP contribution in [0.5, 0.6) is 0 Å². The zero-order valence-electron chi connectivity index (χ0n) is 9.87. The van der Waals surface area contributed by atoms with Crippen LogP contribution < -0.4 is 5.32 Å². The van der Waals surface area contributed by atoms with Crippen LogP contribution in [-0.4, -0.2) is 10.1 Å². The Morgan fingerprint density at radius 1 is 1.39 bits per heavy atom. The van der Waals surface area contributed by atoms with Crippen LogP contribution in [0.1, 0.15) is 24.3 Å². The Morgan fingerprint density at radius 2 is 2.11 bits per heavy atom. The predicted molar refractivity (Wildman–Crippen MR) is 64.9 cm³/mol. The van der Waals surface area contributed by atoms with Gasteiger partial charge in [0.15, 0.2) is 0 Å². The lowest BCUT2D eigenvalue weighted by Gasteiger charge is -2.12. The van der Waals surface area contributed by atoms with Crippen LogP contribution in [0, 0.1) is 10.1 Å². The molecule has 0 spiro atoms. The molecule has 0 radical (unpaired) electrons. The van der Waals surface area contributed by atoms with E-state index in [2.05, 4.69) is 10.5 Å². The maximum Gasteiger partial charge on any atom is 0.269 e. The molecule has 0 fully saturated rings. The summed E-state index contributed by atoms with van der Waals surface area (Å²) in [4.78, 5) is 10.1. The van der Waals surface area contributed by atoms with Crippen LogP contribution >= 0.6 is 0 Å². The van der Waals surface area contributed by atoms with E-state index in [-0.39, 0.29) is 11.7 Å². The molecule has 0 aliphatic heterocycles. The van der Waals surface area contributed by atoms with Crippen molar-refractivity contribution >= 4 is 5.69 Å². The minimum Gasteiger partial charge on any atom is -0.360 e. The topological polar surface area (TPSA) is 81.2 Å². The van der Waals surface area contributed by atoms with Gasteiger partial charge in [0.2, 0.25) is 0 Å². The van der Waals surface area contributed by atoms with Gasteiger partial charge in [0.1, 0.15) is 5.76 Å².